The summed E-state index contributed by atoms with van der Waals surface area (Å²) >= 11 is 0. The summed E-state index contributed by atoms with van der Waals surface area (Å²) in [5.41, 5.74) is 0.167. The zero-order valence-corrected chi connectivity index (χ0v) is 8.80. The number of hydrogen-bond acceptors (Lipinski definition) is 5. The molecule has 0 bridgehead atoms. The smallest absolute Gasteiger partial charge is 0.356 e. The summed E-state index contributed by atoms with van der Waals surface area (Å²) in [7, 11) is 0. The molecule has 5 nitrogen and oxygen atoms in total. The molecule has 0 N–H and O–H groups in total. The average molecular weight is 221 g/mol. The SMILES string of the molecule is C=CC(=O)Oc1ccc(C(=O)OCC)nc1. The first-order valence-electron chi connectivity index (χ1n) is 4.64. The largest absolute Gasteiger partial charge is 0.461 e. The van der Waals surface area contributed by atoms with Crippen LogP contribution in [-0.2, 0) is 9.53 Å². The highest BCUT2D eigenvalue weighted by atomic mass is 16.5. The molecule has 0 unspecified atom stereocenters. The van der Waals surface area contributed by atoms with Crippen LogP contribution >= 0.6 is 0 Å². The second-order valence-electron chi connectivity index (χ2n) is 2.72. The van der Waals surface area contributed by atoms with Crippen molar-refractivity contribution in [2.24, 2.45) is 0 Å². The van der Waals surface area contributed by atoms with E-state index < -0.39 is 11.9 Å². The Labute approximate surface area is 92.7 Å². The average Bonchev–Trinajstić information content (AvgIpc) is 2.30. The molecular formula is C11H11NO4. The van der Waals surface area contributed by atoms with Crippen molar-refractivity contribution in [2.75, 3.05) is 6.61 Å². The van der Waals surface area contributed by atoms with Gasteiger partial charge in [0.15, 0.2) is 0 Å². The van der Waals surface area contributed by atoms with Gasteiger partial charge in [-0.05, 0) is 19.1 Å². The van der Waals surface area contributed by atoms with Gasteiger partial charge in [0.2, 0.25) is 0 Å². The van der Waals surface area contributed by atoms with Gasteiger partial charge < -0.3 is 9.47 Å². The number of carbonyl (C=O) groups excluding carboxylic acids is 2. The van der Waals surface area contributed by atoms with E-state index >= 15 is 0 Å². The minimum Gasteiger partial charge on any atom is -0.461 e. The van der Waals surface area contributed by atoms with Crippen molar-refractivity contribution in [2.45, 2.75) is 6.92 Å². The first-order chi connectivity index (χ1) is 7.67. The lowest BCUT2D eigenvalue weighted by Crippen LogP contribution is -2.08. The molecule has 0 aliphatic carbocycles. The molecule has 1 aromatic heterocycles. The molecule has 0 fully saturated rings. The van der Waals surface area contributed by atoms with E-state index in [0.29, 0.717) is 0 Å². The molecule has 0 aliphatic rings. The molecule has 0 radical (unpaired) electrons. The molecule has 84 valence electrons. The van der Waals surface area contributed by atoms with Crippen molar-refractivity contribution in [3.05, 3.63) is 36.7 Å². The fraction of sp³-hybridized carbons (Fsp3) is 0.182. The van der Waals surface area contributed by atoms with E-state index in [0.717, 1.165) is 6.08 Å². The van der Waals surface area contributed by atoms with Gasteiger partial charge in [-0.25, -0.2) is 14.6 Å². The van der Waals surface area contributed by atoms with E-state index in [1.165, 1.54) is 18.3 Å². The predicted molar refractivity (Wildman–Crippen MR) is 56.0 cm³/mol. The Hall–Kier alpha value is -2.17. The first-order valence-corrected chi connectivity index (χ1v) is 4.64. The maximum atomic E-state index is 11.2. The number of hydrogen-bond donors (Lipinski definition) is 0. The third-order valence-corrected chi connectivity index (χ3v) is 1.61. The van der Waals surface area contributed by atoms with Crippen molar-refractivity contribution < 1.29 is 19.1 Å². The van der Waals surface area contributed by atoms with Crippen LogP contribution in [0, 0.1) is 0 Å². The number of carbonyl (C=O) groups is 2. The second kappa shape index (κ2) is 5.65. The molecule has 16 heavy (non-hydrogen) atoms. The zero-order valence-electron chi connectivity index (χ0n) is 8.80. The molecule has 0 spiro atoms. The van der Waals surface area contributed by atoms with E-state index in [-0.39, 0.29) is 18.1 Å². The van der Waals surface area contributed by atoms with Crippen LogP contribution in [0.25, 0.3) is 0 Å². The van der Waals surface area contributed by atoms with E-state index in [4.69, 9.17) is 9.47 Å². The summed E-state index contributed by atoms with van der Waals surface area (Å²) in [5, 5.41) is 0. The van der Waals surface area contributed by atoms with E-state index in [2.05, 4.69) is 11.6 Å². The number of rotatable bonds is 4. The zero-order chi connectivity index (χ0) is 12.0. The van der Waals surface area contributed by atoms with Gasteiger partial charge in [-0.2, -0.15) is 0 Å². The van der Waals surface area contributed by atoms with Crippen LogP contribution in [0.15, 0.2) is 31.0 Å². The van der Waals surface area contributed by atoms with Crippen molar-refractivity contribution >= 4 is 11.9 Å². The minimum absolute atomic E-state index is 0.167. The summed E-state index contributed by atoms with van der Waals surface area (Å²) in [6.07, 6.45) is 2.31. The minimum atomic E-state index is -0.578. The van der Waals surface area contributed by atoms with Gasteiger partial charge in [0.1, 0.15) is 11.4 Å². The fourth-order valence-corrected chi connectivity index (χ4v) is 0.924. The highest BCUT2D eigenvalue weighted by Crippen LogP contribution is 2.10. The maximum Gasteiger partial charge on any atom is 0.356 e. The highest BCUT2D eigenvalue weighted by Gasteiger charge is 2.08. The van der Waals surface area contributed by atoms with Crippen LogP contribution in [0.3, 0.4) is 0 Å². The Balaban J connectivity index is 2.71. The molecule has 0 atom stereocenters. The lowest BCUT2D eigenvalue weighted by Gasteiger charge is -2.02. The second-order valence-corrected chi connectivity index (χ2v) is 2.72. The molecule has 0 aromatic carbocycles. The van der Waals surface area contributed by atoms with Gasteiger partial charge in [-0.3, -0.25) is 0 Å². The highest BCUT2D eigenvalue weighted by molar-refractivity contribution is 5.87. The Morgan fingerprint density at radius 3 is 2.75 bits per heavy atom. The van der Waals surface area contributed by atoms with Crippen LogP contribution < -0.4 is 4.74 Å². The normalized spacial score (nSPS) is 9.31. The standard InChI is InChI=1S/C11H11NO4/c1-3-10(13)16-8-5-6-9(12-7-8)11(14)15-4-2/h3,5-7H,1,4H2,2H3. The van der Waals surface area contributed by atoms with Crippen LogP contribution in [0.1, 0.15) is 17.4 Å². The lowest BCUT2D eigenvalue weighted by atomic mass is 10.3. The van der Waals surface area contributed by atoms with E-state index in [1.54, 1.807) is 6.92 Å². The third-order valence-electron chi connectivity index (χ3n) is 1.61. The number of esters is 2. The first kappa shape index (κ1) is 11.9. The predicted octanol–water partition coefficient (Wildman–Crippen LogP) is 1.35. The Bertz CT molecular complexity index is 397. The van der Waals surface area contributed by atoms with Crippen LogP contribution in [0.5, 0.6) is 5.75 Å². The van der Waals surface area contributed by atoms with Gasteiger partial charge in [-0.1, -0.05) is 6.58 Å². The topological polar surface area (TPSA) is 65.5 Å². The van der Waals surface area contributed by atoms with Crippen LogP contribution in [0.2, 0.25) is 0 Å². The monoisotopic (exact) mass is 221 g/mol. The fourth-order valence-electron chi connectivity index (χ4n) is 0.924. The maximum absolute atomic E-state index is 11.2. The number of pyridine rings is 1. The van der Waals surface area contributed by atoms with E-state index in [1.807, 2.05) is 0 Å². The van der Waals surface area contributed by atoms with Crippen LogP contribution in [-0.4, -0.2) is 23.5 Å². The third kappa shape index (κ3) is 3.20. The van der Waals surface area contributed by atoms with Crippen molar-refractivity contribution in [1.82, 2.24) is 4.98 Å². The number of aromatic nitrogens is 1. The molecular weight excluding hydrogens is 210 g/mol. The van der Waals surface area contributed by atoms with E-state index in [9.17, 15) is 9.59 Å². The van der Waals surface area contributed by atoms with Gasteiger partial charge in [0.05, 0.1) is 12.8 Å². The molecule has 5 heteroatoms. The molecule has 0 saturated carbocycles. The van der Waals surface area contributed by atoms with Gasteiger partial charge in [0, 0.05) is 6.08 Å². The van der Waals surface area contributed by atoms with Crippen molar-refractivity contribution in [3.63, 3.8) is 0 Å². The van der Waals surface area contributed by atoms with Gasteiger partial charge in [-0.15, -0.1) is 0 Å². The number of nitrogens with zero attached hydrogens (tertiary/aromatic N) is 1. The molecule has 0 amide bonds. The quantitative estimate of drug-likeness (QED) is 0.567. The van der Waals surface area contributed by atoms with Crippen molar-refractivity contribution in [3.8, 4) is 5.75 Å². The van der Waals surface area contributed by atoms with Gasteiger partial charge in [0.25, 0.3) is 0 Å². The Morgan fingerprint density at radius 1 is 1.50 bits per heavy atom. The molecule has 1 heterocycles. The number of ether oxygens (including phenoxy) is 2. The summed E-state index contributed by atoms with van der Waals surface area (Å²) in [6, 6.07) is 2.88. The summed E-state index contributed by atoms with van der Waals surface area (Å²) < 4.78 is 9.53. The summed E-state index contributed by atoms with van der Waals surface area (Å²) in [6.45, 7) is 5.25. The van der Waals surface area contributed by atoms with Crippen LogP contribution in [0.4, 0.5) is 0 Å². The Morgan fingerprint density at radius 2 is 2.25 bits per heavy atom. The van der Waals surface area contributed by atoms with Crippen molar-refractivity contribution in [1.29, 1.82) is 0 Å². The molecule has 1 rings (SSSR count). The molecule has 0 aliphatic heterocycles. The van der Waals surface area contributed by atoms with Gasteiger partial charge >= 0.3 is 11.9 Å². The summed E-state index contributed by atoms with van der Waals surface area (Å²) in [4.78, 5) is 25.9. The molecule has 0 saturated heterocycles. The molecule has 1 aromatic rings. The Kier molecular flexibility index (Phi) is 4.20. The summed E-state index contributed by atoms with van der Waals surface area (Å²) in [5.74, 6) is -0.840. The lowest BCUT2D eigenvalue weighted by molar-refractivity contribution is -0.128.